The summed E-state index contributed by atoms with van der Waals surface area (Å²) in [6.45, 7) is 6.48. The van der Waals surface area contributed by atoms with Gasteiger partial charge >= 0.3 is 17.9 Å². The molecule has 0 amide bonds. The summed E-state index contributed by atoms with van der Waals surface area (Å²) in [5.74, 6) is -0.912. The lowest BCUT2D eigenvalue weighted by atomic mass is 10.0. The number of rotatable bonds is 40. The second-order valence-corrected chi connectivity index (χ2v) is 14.9. The summed E-state index contributed by atoms with van der Waals surface area (Å²) in [6, 6.07) is 0. The summed E-state index contributed by atoms with van der Waals surface area (Å²) in [5, 5.41) is 0. The topological polar surface area (TPSA) is 78.9 Å². The minimum absolute atomic E-state index is 0.0774. The van der Waals surface area contributed by atoms with Crippen LogP contribution in [-0.4, -0.2) is 37.2 Å². The van der Waals surface area contributed by atoms with Gasteiger partial charge in [0.2, 0.25) is 0 Å². The van der Waals surface area contributed by atoms with Crippen molar-refractivity contribution in [3.8, 4) is 0 Å². The van der Waals surface area contributed by atoms with Gasteiger partial charge < -0.3 is 14.2 Å². The molecule has 0 aliphatic rings. The van der Waals surface area contributed by atoms with Crippen LogP contribution in [0.15, 0.2) is 24.3 Å². The van der Waals surface area contributed by atoms with Gasteiger partial charge in [0.05, 0.1) is 0 Å². The largest absolute Gasteiger partial charge is 0.462 e. The number of unbranched alkanes of at least 4 members (excludes halogenated alkanes) is 25. The van der Waals surface area contributed by atoms with E-state index in [0.717, 1.165) is 70.6 Å². The van der Waals surface area contributed by atoms with E-state index in [4.69, 9.17) is 14.2 Å². The Morgan fingerprint density at radius 2 is 0.750 bits per heavy atom. The molecule has 304 valence electrons. The van der Waals surface area contributed by atoms with Gasteiger partial charge in [-0.2, -0.15) is 0 Å². The molecular formula is C46H84O6. The number of carbonyl (C=O) groups excluding carboxylic acids is 3. The average Bonchev–Trinajstić information content (AvgIpc) is 3.14. The van der Waals surface area contributed by atoms with Crippen LogP contribution in [0.25, 0.3) is 0 Å². The van der Waals surface area contributed by atoms with Crippen molar-refractivity contribution in [2.45, 2.75) is 239 Å². The fraction of sp³-hybridized carbons (Fsp3) is 0.848. The number of carbonyl (C=O) groups is 3. The van der Waals surface area contributed by atoms with Gasteiger partial charge in [-0.05, 0) is 44.9 Å². The van der Waals surface area contributed by atoms with E-state index in [-0.39, 0.29) is 31.1 Å². The molecule has 0 saturated carbocycles. The second-order valence-electron chi connectivity index (χ2n) is 14.9. The number of allylic oxidation sites excluding steroid dienone is 4. The molecule has 0 saturated heterocycles. The van der Waals surface area contributed by atoms with Crippen LogP contribution in [0.3, 0.4) is 0 Å². The first-order chi connectivity index (χ1) is 25.5. The Bertz CT molecular complexity index is 850. The van der Waals surface area contributed by atoms with Crippen LogP contribution in [0, 0.1) is 0 Å². The van der Waals surface area contributed by atoms with Crippen LogP contribution in [-0.2, 0) is 28.6 Å². The number of ether oxygens (including phenoxy) is 3. The van der Waals surface area contributed by atoms with Crippen molar-refractivity contribution >= 4 is 17.9 Å². The molecular weight excluding hydrogens is 649 g/mol. The van der Waals surface area contributed by atoms with Crippen molar-refractivity contribution in [1.82, 2.24) is 0 Å². The van der Waals surface area contributed by atoms with E-state index in [2.05, 4.69) is 45.1 Å². The molecule has 0 heterocycles. The normalized spacial score (nSPS) is 12.1. The fourth-order valence-corrected chi connectivity index (χ4v) is 6.36. The van der Waals surface area contributed by atoms with Gasteiger partial charge in [0.1, 0.15) is 13.2 Å². The summed E-state index contributed by atoms with van der Waals surface area (Å²) in [7, 11) is 0. The summed E-state index contributed by atoms with van der Waals surface area (Å²) in [6.07, 6.45) is 44.5. The number of hydrogen-bond acceptors (Lipinski definition) is 6. The van der Waals surface area contributed by atoms with Crippen molar-refractivity contribution in [3.05, 3.63) is 24.3 Å². The highest BCUT2D eigenvalue weighted by molar-refractivity contribution is 5.71. The second kappa shape index (κ2) is 41.6. The van der Waals surface area contributed by atoms with Gasteiger partial charge in [0.15, 0.2) is 6.10 Å². The van der Waals surface area contributed by atoms with Gasteiger partial charge in [-0.3, -0.25) is 14.4 Å². The molecule has 1 atom stereocenters. The Morgan fingerprint density at radius 3 is 1.15 bits per heavy atom. The molecule has 6 nitrogen and oxygen atoms in total. The van der Waals surface area contributed by atoms with Gasteiger partial charge in [0.25, 0.3) is 0 Å². The first kappa shape index (κ1) is 49.9. The van der Waals surface area contributed by atoms with E-state index in [1.54, 1.807) is 0 Å². The standard InChI is InChI=1S/C46H84O6/c1-4-7-10-13-16-19-21-22-23-25-27-30-33-36-39-45(48)51-42-43(41-50-44(47)38-35-32-29-26-18-15-12-9-6-3)52-46(49)40-37-34-31-28-24-20-17-14-11-8-5-2/h9,12,18,26,43H,4-8,10-11,13-17,19-25,27-42H2,1-3H3/b12-9-,26-18-. The SMILES string of the molecule is CC/C=C\C/C=C\CCCCC(=O)OCC(COC(=O)CCCCCCCCCCCCCCCC)OC(=O)CCCCCCCCCCCCC. The predicted octanol–water partition coefficient (Wildman–Crippen LogP) is 14.0. The molecule has 1 unspecified atom stereocenters. The molecule has 6 heteroatoms. The maximum Gasteiger partial charge on any atom is 0.306 e. The molecule has 0 fully saturated rings. The smallest absolute Gasteiger partial charge is 0.306 e. The number of esters is 3. The van der Waals surface area contributed by atoms with E-state index in [0.29, 0.717) is 19.3 Å². The maximum atomic E-state index is 12.7. The lowest BCUT2D eigenvalue weighted by Gasteiger charge is -2.18. The minimum Gasteiger partial charge on any atom is -0.462 e. The molecule has 0 aliphatic heterocycles. The zero-order valence-corrected chi connectivity index (χ0v) is 34.6. The van der Waals surface area contributed by atoms with Crippen molar-refractivity contribution < 1.29 is 28.6 Å². The highest BCUT2D eigenvalue weighted by Crippen LogP contribution is 2.15. The quantitative estimate of drug-likeness (QED) is 0.0270. The highest BCUT2D eigenvalue weighted by Gasteiger charge is 2.19. The van der Waals surface area contributed by atoms with Gasteiger partial charge in [0, 0.05) is 19.3 Å². The zero-order chi connectivity index (χ0) is 38.0. The first-order valence-electron chi connectivity index (χ1n) is 22.3. The van der Waals surface area contributed by atoms with Gasteiger partial charge in [-0.25, -0.2) is 0 Å². The van der Waals surface area contributed by atoms with Crippen molar-refractivity contribution in [2.75, 3.05) is 13.2 Å². The van der Waals surface area contributed by atoms with E-state index in [1.807, 2.05) is 0 Å². The van der Waals surface area contributed by atoms with Crippen LogP contribution < -0.4 is 0 Å². The van der Waals surface area contributed by atoms with E-state index in [9.17, 15) is 14.4 Å². The molecule has 0 aliphatic carbocycles. The van der Waals surface area contributed by atoms with E-state index in [1.165, 1.54) is 122 Å². The van der Waals surface area contributed by atoms with Crippen LogP contribution in [0.5, 0.6) is 0 Å². The molecule has 0 bridgehead atoms. The fourth-order valence-electron chi connectivity index (χ4n) is 6.36. The Kier molecular flexibility index (Phi) is 40.0. The lowest BCUT2D eigenvalue weighted by Crippen LogP contribution is -2.30. The summed E-state index contributed by atoms with van der Waals surface area (Å²) in [5.41, 5.74) is 0. The van der Waals surface area contributed by atoms with E-state index >= 15 is 0 Å². The molecule has 0 aromatic carbocycles. The minimum atomic E-state index is -0.774. The Labute approximate surface area is 322 Å². The third kappa shape index (κ3) is 39.1. The van der Waals surface area contributed by atoms with Crippen LogP contribution >= 0.6 is 0 Å². The van der Waals surface area contributed by atoms with Crippen LogP contribution in [0.4, 0.5) is 0 Å². The summed E-state index contributed by atoms with van der Waals surface area (Å²) < 4.78 is 16.6. The van der Waals surface area contributed by atoms with Gasteiger partial charge in [-0.15, -0.1) is 0 Å². The third-order valence-electron chi connectivity index (χ3n) is 9.72. The van der Waals surface area contributed by atoms with Crippen molar-refractivity contribution in [3.63, 3.8) is 0 Å². The summed E-state index contributed by atoms with van der Waals surface area (Å²) >= 11 is 0. The molecule has 0 aromatic heterocycles. The molecule has 52 heavy (non-hydrogen) atoms. The Morgan fingerprint density at radius 1 is 0.404 bits per heavy atom. The Hall–Kier alpha value is -2.11. The van der Waals surface area contributed by atoms with Crippen LogP contribution in [0.1, 0.15) is 233 Å². The van der Waals surface area contributed by atoms with Crippen molar-refractivity contribution in [1.29, 1.82) is 0 Å². The van der Waals surface area contributed by atoms with E-state index < -0.39 is 6.10 Å². The molecule has 0 N–H and O–H groups in total. The maximum absolute atomic E-state index is 12.7. The lowest BCUT2D eigenvalue weighted by molar-refractivity contribution is -0.167. The Balaban J connectivity index is 4.34. The molecule has 0 spiro atoms. The molecule has 0 radical (unpaired) electrons. The predicted molar refractivity (Wildman–Crippen MR) is 219 cm³/mol. The average molecular weight is 733 g/mol. The molecule has 0 rings (SSSR count). The summed E-state index contributed by atoms with van der Waals surface area (Å²) in [4.78, 5) is 37.6. The zero-order valence-electron chi connectivity index (χ0n) is 34.6. The molecule has 0 aromatic rings. The van der Waals surface area contributed by atoms with Crippen LogP contribution in [0.2, 0.25) is 0 Å². The third-order valence-corrected chi connectivity index (χ3v) is 9.72. The first-order valence-corrected chi connectivity index (χ1v) is 22.3. The monoisotopic (exact) mass is 733 g/mol. The highest BCUT2D eigenvalue weighted by atomic mass is 16.6. The van der Waals surface area contributed by atoms with Crippen molar-refractivity contribution in [2.24, 2.45) is 0 Å². The number of hydrogen-bond donors (Lipinski definition) is 0. The van der Waals surface area contributed by atoms with Gasteiger partial charge in [-0.1, -0.05) is 193 Å².